The molecule has 2 fully saturated rings. The summed E-state index contributed by atoms with van der Waals surface area (Å²) in [6.45, 7) is 1.09. The topological polar surface area (TPSA) is 108 Å². The lowest BCUT2D eigenvalue weighted by Crippen LogP contribution is -2.45. The van der Waals surface area contributed by atoms with Gasteiger partial charge in [-0.2, -0.15) is 5.26 Å². The summed E-state index contributed by atoms with van der Waals surface area (Å²) in [5.41, 5.74) is 0.110. The molecule has 1 aliphatic carbocycles. The van der Waals surface area contributed by atoms with E-state index in [2.05, 4.69) is 21.0 Å². The van der Waals surface area contributed by atoms with Crippen LogP contribution in [0.15, 0.2) is 17.3 Å². The Morgan fingerprint density at radius 1 is 1.48 bits per heavy atom. The summed E-state index contributed by atoms with van der Waals surface area (Å²) in [5.74, 6) is -0.0905. The highest BCUT2D eigenvalue weighted by Crippen LogP contribution is 2.47. The normalized spacial score (nSPS) is 22.7. The molecule has 1 aliphatic heterocycles. The number of H-pyrrole nitrogens is 1. The van der Waals surface area contributed by atoms with E-state index in [9.17, 15) is 14.9 Å². The lowest BCUT2D eigenvalue weighted by molar-refractivity contribution is -0.136. The number of amides is 1. The monoisotopic (exact) mass is 312 g/mol. The zero-order valence-electron chi connectivity index (χ0n) is 12.5. The number of carbonyl (C=O) groups is 1. The van der Waals surface area contributed by atoms with Gasteiger partial charge in [-0.25, -0.2) is 14.8 Å². The zero-order chi connectivity index (χ0) is 16.0. The molecule has 1 unspecified atom stereocenters. The Bertz CT molecular complexity index is 872. The summed E-state index contributed by atoms with van der Waals surface area (Å²) < 4.78 is 1.61. The molecule has 8 nitrogen and oxygen atoms in total. The van der Waals surface area contributed by atoms with Gasteiger partial charge in [-0.15, -0.1) is 0 Å². The van der Waals surface area contributed by atoms with E-state index in [1.54, 1.807) is 15.7 Å². The summed E-state index contributed by atoms with van der Waals surface area (Å²) in [7, 11) is 0. The number of rotatable bonds is 2. The van der Waals surface area contributed by atoms with E-state index in [0.717, 1.165) is 12.8 Å². The van der Waals surface area contributed by atoms with Crippen LogP contribution in [0.5, 0.6) is 0 Å². The highest BCUT2D eigenvalue weighted by Gasteiger charge is 2.53. The van der Waals surface area contributed by atoms with Crippen molar-refractivity contribution in [3.8, 4) is 6.07 Å². The number of hydrogen-bond acceptors (Lipinski definition) is 5. The van der Waals surface area contributed by atoms with Crippen molar-refractivity contribution in [1.82, 2.24) is 24.4 Å². The number of nitrogens with zero attached hydrogens (tertiary/aromatic N) is 5. The summed E-state index contributed by atoms with van der Waals surface area (Å²) in [6.07, 6.45) is 5.88. The number of nitrogens with one attached hydrogen (secondary N) is 1. The van der Waals surface area contributed by atoms with Gasteiger partial charge >= 0.3 is 5.69 Å². The molecule has 1 atom stereocenters. The van der Waals surface area contributed by atoms with Crippen molar-refractivity contribution in [2.75, 3.05) is 13.1 Å². The molecule has 4 rings (SSSR count). The van der Waals surface area contributed by atoms with Crippen LogP contribution in [-0.2, 0) is 4.79 Å². The molecule has 1 amide bonds. The number of aromatic amines is 1. The van der Waals surface area contributed by atoms with E-state index in [-0.39, 0.29) is 17.6 Å². The maximum absolute atomic E-state index is 12.6. The van der Waals surface area contributed by atoms with Crippen LogP contribution in [0.3, 0.4) is 0 Å². The van der Waals surface area contributed by atoms with Gasteiger partial charge in [0.2, 0.25) is 5.91 Å². The van der Waals surface area contributed by atoms with Gasteiger partial charge < -0.3 is 9.88 Å². The van der Waals surface area contributed by atoms with Crippen molar-refractivity contribution < 1.29 is 4.79 Å². The number of fused-ring (bicyclic) bond motifs is 1. The van der Waals surface area contributed by atoms with Crippen LogP contribution < -0.4 is 5.69 Å². The van der Waals surface area contributed by atoms with Crippen LogP contribution in [0, 0.1) is 16.7 Å². The minimum absolute atomic E-state index is 0.0905. The van der Waals surface area contributed by atoms with Crippen LogP contribution in [0.1, 0.15) is 31.7 Å². The van der Waals surface area contributed by atoms with Crippen molar-refractivity contribution in [3.05, 3.63) is 23.0 Å². The lowest BCUT2D eigenvalue weighted by Gasteiger charge is -2.34. The van der Waals surface area contributed by atoms with Crippen LogP contribution in [0.25, 0.3) is 11.2 Å². The summed E-state index contributed by atoms with van der Waals surface area (Å²) >= 11 is 0. The van der Waals surface area contributed by atoms with Crippen molar-refractivity contribution in [1.29, 1.82) is 5.26 Å². The standard InChI is InChI=1S/C15H16N6O2/c16-8-15(3-4-15)13(22)20-5-1-2-10(7-20)21-12-11(19-14(21)23)6-17-9-18-12/h6,9-10H,1-5,7H2,(H,19,23). The third-order valence-electron chi connectivity index (χ3n) is 4.80. The minimum atomic E-state index is -0.810. The van der Waals surface area contributed by atoms with Gasteiger partial charge in [0.1, 0.15) is 17.3 Å². The Morgan fingerprint density at radius 2 is 2.30 bits per heavy atom. The molecule has 2 aromatic heterocycles. The van der Waals surface area contributed by atoms with E-state index < -0.39 is 5.41 Å². The van der Waals surface area contributed by atoms with Gasteiger partial charge in [0.25, 0.3) is 0 Å². The van der Waals surface area contributed by atoms with Gasteiger partial charge in [0.05, 0.1) is 18.3 Å². The van der Waals surface area contributed by atoms with Crippen LogP contribution in [-0.4, -0.2) is 43.4 Å². The van der Waals surface area contributed by atoms with Crippen LogP contribution in [0.2, 0.25) is 0 Å². The van der Waals surface area contributed by atoms with E-state index in [1.165, 1.54) is 6.33 Å². The molecule has 8 heteroatoms. The van der Waals surface area contributed by atoms with E-state index in [4.69, 9.17) is 0 Å². The van der Waals surface area contributed by atoms with Crippen LogP contribution >= 0.6 is 0 Å². The average molecular weight is 312 g/mol. The third kappa shape index (κ3) is 2.11. The number of imidazole rings is 1. The number of hydrogen-bond donors (Lipinski definition) is 1. The molecular weight excluding hydrogens is 296 g/mol. The number of piperidine rings is 1. The predicted octanol–water partition coefficient (Wildman–Crippen LogP) is 0.587. The van der Waals surface area contributed by atoms with Gasteiger partial charge in [-0.05, 0) is 25.7 Å². The van der Waals surface area contributed by atoms with Gasteiger partial charge in [0, 0.05) is 13.1 Å². The van der Waals surface area contributed by atoms with E-state index in [0.29, 0.717) is 37.1 Å². The van der Waals surface area contributed by atoms with Crippen molar-refractivity contribution in [2.24, 2.45) is 5.41 Å². The van der Waals surface area contributed by atoms with Crippen molar-refractivity contribution in [2.45, 2.75) is 31.7 Å². The molecule has 1 N–H and O–H groups in total. The second-order valence-corrected chi connectivity index (χ2v) is 6.30. The smallest absolute Gasteiger partial charge is 0.328 e. The zero-order valence-corrected chi connectivity index (χ0v) is 12.5. The number of likely N-dealkylation sites (tertiary alicyclic amines) is 1. The molecule has 2 aliphatic rings. The molecule has 23 heavy (non-hydrogen) atoms. The van der Waals surface area contributed by atoms with E-state index in [1.807, 2.05) is 0 Å². The highest BCUT2D eigenvalue weighted by molar-refractivity contribution is 5.88. The maximum atomic E-state index is 12.6. The first-order valence-corrected chi connectivity index (χ1v) is 7.75. The number of nitriles is 1. The SMILES string of the molecule is N#CC1(C(=O)N2CCCC(n3c(=O)[nH]c4cncnc43)C2)CC1. The summed E-state index contributed by atoms with van der Waals surface area (Å²) in [5, 5.41) is 9.22. The Kier molecular flexibility index (Phi) is 2.98. The molecule has 1 saturated heterocycles. The van der Waals surface area contributed by atoms with Crippen molar-refractivity contribution >= 4 is 17.1 Å². The fraction of sp³-hybridized carbons (Fsp3) is 0.533. The quantitative estimate of drug-likeness (QED) is 0.873. The molecule has 3 heterocycles. The fourth-order valence-corrected chi connectivity index (χ4v) is 3.36. The third-order valence-corrected chi connectivity index (χ3v) is 4.80. The Labute approximate surface area is 131 Å². The van der Waals surface area contributed by atoms with E-state index >= 15 is 0 Å². The number of carbonyl (C=O) groups excluding carboxylic acids is 1. The summed E-state index contributed by atoms with van der Waals surface area (Å²) in [4.78, 5) is 37.4. The minimum Gasteiger partial charge on any atom is -0.339 e. The first kappa shape index (κ1) is 13.9. The second-order valence-electron chi connectivity index (χ2n) is 6.30. The Balaban J connectivity index is 1.65. The molecule has 118 valence electrons. The molecule has 0 aromatic carbocycles. The van der Waals surface area contributed by atoms with Crippen LogP contribution in [0.4, 0.5) is 0 Å². The average Bonchev–Trinajstić information content (AvgIpc) is 3.30. The molecular formula is C15H16N6O2. The first-order chi connectivity index (χ1) is 11.1. The Morgan fingerprint density at radius 3 is 3.04 bits per heavy atom. The predicted molar refractivity (Wildman–Crippen MR) is 80.3 cm³/mol. The van der Waals surface area contributed by atoms with Gasteiger partial charge in [-0.3, -0.25) is 9.36 Å². The molecule has 0 radical (unpaired) electrons. The molecule has 1 saturated carbocycles. The second kappa shape index (κ2) is 4.91. The van der Waals surface area contributed by atoms with Gasteiger partial charge in [-0.1, -0.05) is 0 Å². The largest absolute Gasteiger partial charge is 0.339 e. The summed E-state index contributed by atoms with van der Waals surface area (Å²) in [6, 6.07) is 2.03. The number of aromatic nitrogens is 4. The van der Waals surface area contributed by atoms with Crippen molar-refractivity contribution in [3.63, 3.8) is 0 Å². The first-order valence-electron chi connectivity index (χ1n) is 7.75. The Hall–Kier alpha value is -2.69. The fourth-order valence-electron chi connectivity index (χ4n) is 3.36. The lowest BCUT2D eigenvalue weighted by atomic mass is 10.0. The molecule has 0 bridgehead atoms. The molecule has 2 aromatic rings. The molecule has 0 spiro atoms. The maximum Gasteiger partial charge on any atom is 0.328 e. The highest BCUT2D eigenvalue weighted by atomic mass is 16.2. The van der Waals surface area contributed by atoms with Gasteiger partial charge in [0.15, 0.2) is 5.65 Å².